The lowest BCUT2D eigenvalue weighted by atomic mass is 9.61. The van der Waals surface area contributed by atoms with Gasteiger partial charge >= 0.3 is 0 Å². The fourth-order valence-corrected chi connectivity index (χ4v) is 6.15. The predicted molar refractivity (Wildman–Crippen MR) is 124 cm³/mol. The lowest BCUT2D eigenvalue weighted by Gasteiger charge is -2.48. The number of rotatable bonds is 9. The van der Waals surface area contributed by atoms with Crippen LogP contribution in [0.3, 0.4) is 0 Å². The van der Waals surface area contributed by atoms with Gasteiger partial charge in [-0.25, -0.2) is 0 Å². The number of hydrogen-bond acceptors (Lipinski definition) is 3. The minimum atomic E-state index is 0.426. The summed E-state index contributed by atoms with van der Waals surface area (Å²) in [6.45, 7) is 19.8. The highest BCUT2D eigenvalue weighted by molar-refractivity contribution is 4.92. The lowest BCUT2D eigenvalue weighted by Crippen LogP contribution is -2.43. The molecule has 0 aliphatic carbocycles. The number of hydrogen-bond donors (Lipinski definition) is 1. The van der Waals surface area contributed by atoms with Gasteiger partial charge in [0.05, 0.1) is 13.2 Å². The molecule has 0 aromatic heterocycles. The molecule has 1 atom stereocenters. The summed E-state index contributed by atoms with van der Waals surface area (Å²) in [5.41, 5.74) is 1.40. The molecule has 0 aromatic rings. The van der Waals surface area contributed by atoms with E-state index < -0.39 is 0 Å². The van der Waals surface area contributed by atoms with Crippen molar-refractivity contribution in [1.82, 2.24) is 10.2 Å². The van der Waals surface area contributed by atoms with E-state index in [1.165, 1.54) is 77.5 Å². The van der Waals surface area contributed by atoms with E-state index in [2.05, 4.69) is 51.9 Å². The van der Waals surface area contributed by atoms with Gasteiger partial charge in [-0.2, -0.15) is 0 Å². The average Bonchev–Trinajstić information content (AvgIpc) is 2.64. The molecule has 3 rings (SSSR count). The summed E-state index contributed by atoms with van der Waals surface area (Å²) >= 11 is 0. The highest BCUT2D eigenvalue weighted by atomic mass is 16.5. The zero-order valence-corrected chi connectivity index (χ0v) is 20.5. The Hall–Kier alpha value is -0.120. The Morgan fingerprint density at radius 1 is 0.724 bits per heavy atom. The lowest BCUT2D eigenvalue weighted by molar-refractivity contribution is -0.0949. The van der Waals surface area contributed by atoms with Gasteiger partial charge in [-0.05, 0) is 113 Å². The van der Waals surface area contributed by atoms with E-state index in [0.29, 0.717) is 16.2 Å². The van der Waals surface area contributed by atoms with Crippen LogP contribution in [-0.2, 0) is 4.74 Å². The van der Waals surface area contributed by atoms with Crippen molar-refractivity contribution in [3.05, 3.63) is 0 Å². The average molecular weight is 407 g/mol. The Morgan fingerprint density at radius 2 is 1.24 bits per heavy atom. The van der Waals surface area contributed by atoms with E-state index in [-0.39, 0.29) is 0 Å². The fourth-order valence-electron chi connectivity index (χ4n) is 6.15. The smallest absolute Gasteiger partial charge is 0.0521 e. The Balaban J connectivity index is 1.64. The van der Waals surface area contributed by atoms with Crippen LogP contribution in [0.5, 0.6) is 0 Å². The first-order valence-electron chi connectivity index (χ1n) is 12.6. The fraction of sp³-hybridized carbons (Fsp3) is 1.00. The summed E-state index contributed by atoms with van der Waals surface area (Å²) in [5.74, 6) is 2.57. The van der Waals surface area contributed by atoms with Crippen molar-refractivity contribution in [2.45, 2.75) is 86.0 Å². The third-order valence-corrected chi connectivity index (χ3v) is 9.57. The highest BCUT2D eigenvalue weighted by Gasteiger charge is 2.42. The minimum Gasteiger partial charge on any atom is -0.381 e. The van der Waals surface area contributed by atoms with Crippen LogP contribution in [0.4, 0.5) is 0 Å². The van der Waals surface area contributed by atoms with E-state index in [9.17, 15) is 0 Å². The van der Waals surface area contributed by atoms with E-state index in [1.807, 2.05) is 0 Å². The van der Waals surface area contributed by atoms with Crippen molar-refractivity contribution < 1.29 is 4.74 Å². The van der Waals surface area contributed by atoms with Gasteiger partial charge < -0.3 is 15.0 Å². The molecule has 170 valence electrons. The SMILES string of the molecule is CN1CCC(C(C)(CCC(C)(C)C2CCNCC2)CCC(C)(C)C2COC2)CC1. The molecule has 0 bridgehead atoms. The van der Waals surface area contributed by atoms with Crippen LogP contribution in [0.2, 0.25) is 0 Å². The molecule has 29 heavy (non-hydrogen) atoms. The molecule has 1 N–H and O–H groups in total. The van der Waals surface area contributed by atoms with Crippen LogP contribution in [-0.4, -0.2) is 51.3 Å². The van der Waals surface area contributed by atoms with Gasteiger partial charge in [-0.15, -0.1) is 0 Å². The molecule has 3 heterocycles. The molecule has 3 heteroatoms. The second kappa shape index (κ2) is 9.57. The van der Waals surface area contributed by atoms with Crippen LogP contribution < -0.4 is 5.32 Å². The van der Waals surface area contributed by atoms with Crippen LogP contribution in [0.25, 0.3) is 0 Å². The normalized spacial score (nSPS) is 26.3. The van der Waals surface area contributed by atoms with Crippen molar-refractivity contribution in [1.29, 1.82) is 0 Å². The van der Waals surface area contributed by atoms with E-state index in [4.69, 9.17) is 4.74 Å². The minimum absolute atomic E-state index is 0.426. The van der Waals surface area contributed by atoms with E-state index >= 15 is 0 Å². The Kier molecular flexibility index (Phi) is 7.77. The molecular formula is C26H50N2O. The molecular weight excluding hydrogens is 356 g/mol. The van der Waals surface area contributed by atoms with Crippen molar-refractivity contribution in [3.8, 4) is 0 Å². The van der Waals surface area contributed by atoms with E-state index in [1.54, 1.807) is 0 Å². The number of ether oxygens (including phenoxy) is 1. The number of likely N-dealkylation sites (tertiary alicyclic amines) is 1. The summed E-state index contributed by atoms with van der Waals surface area (Å²) in [6, 6.07) is 0. The third-order valence-electron chi connectivity index (χ3n) is 9.57. The van der Waals surface area contributed by atoms with Gasteiger partial charge in [0.2, 0.25) is 0 Å². The molecule has 0 amide bonds. The molecule has 0 radical (unpaired) electrons. The molecule has 0 saturated carbocycles. The monoisotopic (exact) mass is 406 g/mol. The van der Waals surface area contributed by atoms with E-state index in [0.717, 1.165) is 31.0 Å². The summed E-state index contributed by atoms with van der Waals surface area (Å²) in [7, 11) is 2.30. The zero-order valence-electron chi connectivity index (χ0n) is 20.5. The standard InChI is InChI=1S/C26H50N2O/c1-24(2,21-7-15-27-16-8-21)11-13-26(5,22-9-17-28(6)18-10-22)14-12-25(3,4)23-19-29-20-23/h21-23,27H,7-20H2,1-6H3. The summed E-state index contributed by atoms with van der Waals surface area (Å²) in [4.78, 5) is 2.53. The van der Waals surface area contributed by atoms with Crippen LogP contribution in [0, 0.1) is 34.0 Å². The van der Waals surface area contributed by atoms with Gasteiger partial charge in [-0.3, -0.25) is 0 Å². The largest absolute Gasteiger partial charge is 0.381 e. The molecule has 3 aliphatic heterocycles. The van der Waals surface area contributed by atoms with Crippen molar-refractivity contribution in [3.63, 3.8) is 0 Å². The summed E-state index contributed by atoms with van der Waals surface area (Å²) < 4.78 is 5.53. The van der Waals surface area contributed by atoms with Gasteiger partial charge in [0.25, 0.3) is 0 Å². The maximum absolute atomic E-state index is 5.53. The maximum Gasteiger partial charge on any atom is 0.0521 e. The molecule has 3 saturated heterocycles. The van der Waals surface area contributed by atoms with Gasteiger partial charge in [-0.1, -0.05) is 34.6 Å². The van der Waals surface area contributed by atoms with Crippen molar-refractivity contribution in [2.75, 3.05) is 46.4 Å². The number of nitrogens with zero attached hydrogens (tertiary/aromatic N) is 1. The Labute approximate surface area is 181 Å². The first kappa shape index (κ1) is 23.5. The molecule has 1 unspecified atom stereocenters. The van der Waals surface area contributed by atoms with Crippen LogP contribution in [0.15, 0.2) is 0 Å². The summed E-state index contributed by atoms with van der Waals surface area (Å²) in [5, 5.41) is 3.56. The second-order valence-electron chi connectivity index (χ2n) is 12.5. The summed E-state index contributed by atoms with van der Waals surface area (Å²) in [6.07, 6.45) is 11.1. The van der Waals surface area contributed by atoms with Gasteiger partial charge in [0, 0.05) is 5.92 Å². The van der Waals surface area contributed by atoms with Crippen molar-refractivity contribution >= 4 is 0 Å². The molecule has 3 fully saturated rings. The topological polar surface area (TPSA) is 24.5 Å². The first-order valence-corrected chi connectivity index (χ1v) is 12.6. The predicted octanol–water partition coefficient (Wildman–Crippen LogP) is 5.59. The van der Waals surface area contributed by atoms with Crippen LogP contribution in [0.1, 0.15) is 86.0 Å². The third kappa shape index (κ3) is 5.98. The second-order valence-corrected chi connectivity index (χ2v) is 12.5. The van der Waals surface area contributed by atoms with Gasteiger partial charge in [0.1, 0.15) is 0 Å². The molecule has 0 aromatic carbocycles. The van der Waals surface area contributed by atoms with Crippen molar-refractivity contribution in [2.24, 2.45) is 34.0 Å². The maximum atomic E-state index is 5.53. The molecule has 3 nitrogen and oxygen atoms in total. The highest BCUT2D eigenvalue weighted by Crippen LogP contribution is 2.49. The number of piperidine rings is 2. The zero-order chi connectivity index (χ0) is 21.1. The first-order chi connectivity index (χ1) is 13.6. The van der Waals surface area contributed by atoms with Gasteiger partial charge in [0.15, 0.2) is 0 Å². The Morgan fingerprint density at radius 3 is 1.72 bits per heavy atom. The quantitative estimate of drug-likeness (QED) is 0.540. The molecule has 0 spiro atoms. The molecule has 3 aliphatic rings. The Bertz CT molecular complexity index is 499. The number of nitrogens with one attached hydrogen (secondary N) is 1. The van der Waals surface area contributed by atoms with Crippen LogP contribution >= 0.6 is 0 Å².